The van der Waals surface area contributed by atoms with Crippen LogP contribution in [0.4, 0.5) is 0 Å². The van der Waals surface area contributed by atoms with Crippen molar-refractivity contribution in [2.45, 2.75) is 19.8 Å². The Balaban J connectivity index is 2.42. The second kappa shape index (κ2) is 5.18. The van der Waals surface area contributed by atoms with E-state index in [0.29, 0.717) is 6.54 Å². The highest BCUT2D eigenvalue weighted by atomic mass is 32.1. The minimum absolute atomic E-state index is 0.670. The monoisotopic (exact) mass is 233 g/mol. The molecule has 4 heteroatoms. The molecule has 2 heterocycles. The molecule has 16 heavy (non-hydrogen) atoms. The van der Waals surface area contributed by atoms with E-state index in [1.165, 1.54) is 9.88 Å². The lowest BCUT2D eigenvalue weighted by molar-refractivity contribution is 0.984. The van der Waals surface area contributed by atoms with Crippen LogP contribution in [-0.2, 0) is 12.8 Å². The fourth-order valence-electron chi connectivity index (χ4n) is 1.59. The SMILES string of the molecule is CCc1nc(-c2ccncc2)c(CCN)s1. The highest BCUT2D eigenvalue weighted by Crippen LogP contribution is 2.28. The van der Waals surface area contributed by atoms with Gasteiger partial charge in [-0.3, -0.25) is 4.98 Å². The summed E-state index contributed by atoms with van der Waals surface area (Å²) in [5.74, 6) is 0. The van der Waals surface area contributed by atoms with Crippen LogP contribution in [0.2, 0.25) is 0 Å². The van der Waals surface area contributed by atoms with Crippen LogP contribution in [0, 0.1) is 0 Å². The molecule has 3 nitrogen and oxygen atoms in total. The second-order valence-corrected chi connectivity index (χ2v) is 4.68. The van der Waals surface area contributed by atoms with Gasteiger partial charge in [-0.25, -0.2) is 4.98 Å². The van der Waals surface area contributed by atoms with E-state index in [1.54, 1.807) is 23.7 Å². The van der Waals surface area contributed by atoms with E-state index in [2.05, 4.69) is 16.9 Å². The number of hydrogen-bond donors (Lipinski definition) is 1. The fourth-order valence-corrected chi connectivity index (χ4v) is 2.63. The summed E-state index contributed by atoms with van der Waals surface area (Å²) in [5.41, 5.74) is 7.84. The number of aromatic nitrogens is 2. The number of hydrogen-bond acceptors (Lipinski definition) is 4. The Bertz CT molecular complexity index is 451. The quantitative estimate of drug-likeness (QED) is 0.881. The Labute approximate surface area is 99.4 Å². The zero-order valence-corrected chi connectivity index (χ0v) is 10.1. The Hall–Kier alpha value is -1.26. The molecule has 0 fully saturated rings. The van der Waals surface area contributed by atoms with Crippen molar-refractivity contribution in [3.05, 3.63) is 34.4 Å². The summed E-state index contributed by atoms with van der Waals surface area (Å²) in [6.07, 6.45) is 5.47. The fraction of sp³-hybridized carbons (Fsp3) is 0.333. The summed E-state index contributed by atoms with van der Waals surface area (Å²) in [6, 6.07) is 3.99. The van der Waals surface area contributed by atoms with E-state index in [0.717, 1.165) is 24.1 Å². The molecule has 0 atom stereocenters. The highest BCUT2D eigenvalue weighted by Gasteiger charge is 2.11. The molecule has 84 valence electrons. The maximum Gasteiger partial charge on any atom is 0.0932 e. The van der Waals surface area contributed by atoms with Gasteiger partial charge in [0.05, 0.1) is 10.7 Å². The first-order chi connectivity index (χ1) is 7.85. The molecular formula is C12H15N3S. The molecule has 2 aromatic rings. The summed E-state index contributed by atoms with van der Waals surface area (Å²) in [6.45, 7) is 2.80. The molecule has 0 saturated carbocycles. The van der Waals surface area contributed by atoms with Gasteiger partial charge in [-0.15, -0.1) is 11.3 Å². The number of aryl methyl sites for hydroxylation is 1. The van der Waals surface area contributed by atoms with Gasteiger partial charge >= 0.3 is 0 Å². The Morgan fingerprint density at radius 3 is 2.69 bits per heavy atom. The topological polar surface area (TPSA) is 51.8 Å². The molecule has 0 aliphatic rings. The van der Waals surface area contributed by atoms with Crippen LogP contribution in [0.5, 0.6) is 0 Å². The van der Waals surface area contributed by atoms with E-state index in [1.807, 2.05) is 12.1 Å². The van der Waals surface area contributed by atoms with Gasteiger partial charge in [0.1, 0.15) is 0 Å². The molecule has 2 N–H and O–H groups in total. The zero-order valence-electron chi connectivity index (χ0n) is 9.31. The molecule has 0 radical (unpaired) electrons. The maximum atomic E-state index is 5.62. The van der Waals surface area contributed by atoms with E-state index in [-0.39, 0.29) is 0 Å². The van der Waals surface area contributed by atoms with E-state index in [9.17, 15) is 0 Å². The minimum atomic E-state index is 0.670. The minimum Gasteiger partial charge on any atom is -0.330 e. The van der Waals surface area contributed by atoms with E-state index in [4.69, 9.17) is 5.73 Å². The van der Waals surface area contributed by atoms with Crippen LogP contribution in [0.3, 0.4) is 0 Å². The molecular weight excluding hydrogens is 218 g/mol. The standard InChI is InChI=1S/C12H15N3S/c1-2-11-15-12(10(16-11)3-6-13)9-4-7-14-8-5-9/h4-5,7-8H,2-3,6,13H2,1H3. The van der Waals surface area contributed by atoms with Crippen LogP contribution in [0.25, 0.3) is 11.3 Å². The number of nitrogens with zero attached hydrogens (tertiary/aromatic N) is 2. The number of thiazole rings is 1. The lowest BCUT2D eigenvalue weighted by Crippen LogP contribution is -2.02. The first-order valence-electron chi connectivity index (χ1n) is 5.44. The molecule has 0 saturated heterocycles. The van der Waals surface area contributed by atoms with Crippen molar-refractivity contribution in [1.82, 2.24) is 9.97 Å². The lowest BCUT2D eigenvalue weighted by atomic mass is 10.1. The van der Waals surface area contributed by atoms with Crippen molar-refractivity contribution >= 4 is 11.3 Å². The number of rotatable bonds is 4. The second-order valence-electron chi connectivity index (χ2n) is 3.51. The summed E-state index contributed by atoms with van der Waals surface area (Å²) in [7, 11) is 0. The van der Waals surface area contributed by atoms with Gasteiger partial charge in [0.25, 0.3) is 0 Å². The normalized spacial score (nSPS) is 10.6. The molecule has 0 unspecified atom stereocenters. The van der Waals surface area contributed by atoms with Crippen LogP contribution in [0.15, 0.2) is 24.5 Å². The summed E-state index contributed by atoms with van der Waals surface area (Å²) >= 11 is 1.77. The van der Waals surface area contributed by atoms with Crippen molar-refractivity contribution in [3.8, 4) is 11.3 Å². The third kappa shape index (κ3) is 2.28. The Morgan fingerprint density at radius 2 is 2.06 bits per heavy atom. The van der Waals surface area contributed by atoms with Gasteiger partial charge < -0.3 is 5.73 Å². The van der Waals surface area contributed by atoms with Gasteiger partial charge in [-0.1, -0.05) is 6.92 Å². The van der Waals surface area contributed by atoms with E-state index >= 15 is 0 Å². The van der Waals surface area contributed by atoms with Gasteiger partial charge in [-0.05, 0) is 31.5 Å². The lowest BCUT2D eigenvalue weighted by Gasteiger charge is -1.99. The molecule has 0 aliphatic carbocycles. The van der Waals surface area contributed by atoms with Crippen molar-refractivity contribution in [3.63, 3.8) is 0 Å². The predicted molar refractivity (Wildman–Crippen MR) is 67.5 cm³/mol. The highest BCUT2D eigenvalue weighted by molar-refractivity contribution is 7.12. The average molecular weight is 233 g/mol. The molecule has 0 bridgehead atoms. The zero-order chi connectivity index (χ0) is 11.4. The van der Waals surface area contributed by atoms with Crippen LogP contribution < -0.4 is 5.73 Å². The van der Waals surface area contributed by atoms with Gasteiger partial charge in [0.2, 0.25) is 0 Å². The van der Waals surface area contributed by atoms with Crippen molar-refractivity contribution in [1.29, 1.82) is 0 Å². The Kier molecular flexibility index (Phi) is 3.64. The van der Waals surface area contributed by atoms with Crippen molar-refractivity contribution < 1.29 is 0 Å². The summed E-state index contributed by atoms with van der Waals surface area (Å²) in [4.78, 5) is 9.96. The van der Waals surface area contributed by atoms with Crippen LogP contribution in [0.1, 0.15) is 16.8 Å². The van der Waals surface area contributed by atoms with Crippen molar-refractivity contribution in [2.24, 2.45) is 5.73 Å². The van der Waals surface area contributed by atoms with E-state index < -0.39 is 0 Å². The van der Waals surface area contributed by atoms with Crippen LogP contribution >= 0.6 is 11.3 Å². The number of pyridine rings is 1. The first kappa shape index (κ1) is 11.2. The molecule has 2 rings (SSSR count). The average Bonchev–Trinajstić information content (AvgIpc) is 2.74. The summed E-state index contributed by atoms with van der Waals surface area (Å²) < 4.78 is 0. The largest absolute Gasteiger partial charge is 0.330 e. The predicted octanol–water partition coefficient (Wildman–Crippen LogP) is 2.27. The van der Waals surface area contributed by atoms with Gasteiger partial charge in [-0.2, -0.15) is 0 Å². The molecule has 0 aliphatic heterocycles. The Morgan fingerprint density at radius 1 is 1.31 bits per heavy atom. The molecule has 0 amide bonds. The smallest absolute Gasteiger partial charge is 0.0932 e. The van der Waals surface area contributed by atoms with Gasteiger partial charge in [0.15, 0.2) is 0 Å². The molecule has 2 aromatic heterocycles. The third-order valence-corrected chi connectivity index (χ3v) is 3.63. The van der Waals surface area contributed by atoms with Gasteiger partial charge in [0, 0.05) is 22.8 Å². The first-order valence-corrected chi connectivity index (χ1v) is 6.25. The number of nitrogens with two attached hydrogens (primary N) is 1. The third-order valence-electron chi connectivity index (χ3n) is 2.37. The summed E-state index contributed by atoms with van der Waals surface area (Å²) in [5, 5.41) is 1.18. The van der Waals surface area contributed by atoms with Crippen LogP contribution in [-0.4, -0.2) is 16.5 Å². The maximum absolute atomic E-state index is 5.62. The molecule has 0 aromatic carbocycles. The van der Waals surface area contributed by atoms with Crippen molar-refractivity contribution in [2.75, 3.05) is 6.54 Å². The molecule has 0 spiro atoms.